The fourth-order valence-corrected chi connectivity index (χ4v) is 0.643. The summed E-state index contributed by atoms with van der Waals surface area (Å²) in [5.74, 6) is -1.30. The average Bonchev–Trinajstić information content (AvgIpc) is 2.20. The lowest BCUT2D eigenvalue weighted by molar-refractivity contribution is -0.127. The van der Waals surface area contributed by atoms with E-state index in [1.54, 1.807) is 0 Å². The maximum Gasteiger partial charge on any atom is 0.239 e. The van der Waals surface area contributed by atoms with Crippen molar-refractivity contribution in [1.29, 1.82) is 0 Å². The number of nitrogens with one attached hydrogen (secondary N) is 3. The number of amides is 3. The molecule has 0 aliphatic heterocycles. The lowest BCUT2D eigenvalue weighted by atomic mass is 10.5. The summed E-state index contributed by atoms with van der Waals surface area (Å²) in [5, 5.41) is 6.71. The van der Waals surface area contributed by atoms with Gasteiger partial charge in [0.1, 0.15) is 0 Å². The first kappa shape index (κ1) is 13.1. The monoisotopic (exact) mass is 214 g/mol. The third-order valence-corrected chi connectivity index (χ3v) is 1.30. The van der Waals surface area contributed by atoms with Crippen molar-refractivity contribution in [2.75, 3.05) is 19.6 Å². The number of hydrogen-bond acceptors (Lipinski definition) is 4. The smallest absolute Gasteiger partial charge is 0.239 e. The molecule has 0 aliphatic rings. The van der Waals surface area contributed by atoms with E-state index in [1.807, 2.05) is 0 Å². The highest BCUT2D eigenvalue weighted by molar-refractivity contribution is 5.88. The second kappa shape index (κ2) is 7.48. The lowest BCUT2D eigenvalue weighted by Gasteiger charge is -2.04. The molecule has 0 bridgehead atoms. The van der Waals surface area contributed by atoms with Crippen LogP contribution in [-0.4, -0.2) is 43.6 Å². The van der Waals surface area contributed by atoms with Crippen molar-refractivity contribution < 1.29 is 19.2 Å². The molecular weight excluding hydrogens is 202 g/mol. The Morgan fingerprint density at radius 3 is 2.07 bits per heavy atom. The zero-order chi connectivity index (χ0) is 11.7. The van der Waals surface area contributed by atoms with Gasteiger partial charge in [0.05, 0.1) is 19.6 Å². The molecule has 83 valence electrons. The summed E-state index contributed by atoms with van der Waals surface area (Å²) < 4.78 is 0. The van der Waals surface area contributed by atoms with E-state index in [9.17, 15) is 19.2 Å². The molecule has 0 saturated heterocycles. The molecule has 1 radical (unpaired) electrons. The van der Waals surface area contributed by atoms with Crippen LogP contribution in [0.25, 0.3) is 0 Å². The molecule has 7 nitrogen and oxygen atoms in total. The molecule has 0 atom stereocenters. The van der Waals surface area contributed by atoms with Crippen LogP contribution in [0.2, 0.25) is 0 Å². The fraction of sp³-hybridized carbons (Fsp3) is 0.500. The molecule has 0 fully saturated rings. The Hall–Kier alpha value is -1.92. The minimum atomic E-state index is -0.491. The summed E-state index contributed by atoms with van der Waals surface area (Å²) in [5.41, 5.74) is 0. The number of carbonyl (C=O) groups excluding carboxylic acids is 4. The molecule has 0 unspecified atom stereocenters. The summed E-state index contributed by atoms with van der Waals surface area (Å²) in [6.07, 6.45) is 1.47. The normalized spacial score (nSPS) is 8.87. The van der Waals surface area contributed by atoms with Crippen molar-refractivity contribution in [1.82, 2.24) is 16.0 Å². The standard InChI is InChI=1S/C8H12N3O4/c1-6(13)10-4-8(15)11-5-7(14)9-2-3-12/h2,4-5H2,1H3,(H,9,14)(H,10,13)(H,11,15). The summed E-state index contributed by atoms with van der Waals surface area (Å²) >= 11 is 0. The Kier molecular flexibility index (Phi) is 6.52. The highest BCUT2D eigenvalue weighted by Crippen LogP contribution is 1.67. The maximum atomic E-state index is 10.9. The van der Waals surface area contributed by atoms with Gasteiger partial charge in [-0.15, -0.1) is 0 Å². The quantitative estimate of drug-likeness (QED) is 0.453. The highest BCUT2D eigenvalue weighted by Gasteiger charge is 2.04. The molecule has 0 aliphatic carbocycles. The van der Waals surface area contributed by atoms with Crippen molar-refractivity contribution in [3.63, 3.8) is 0 Å². The van der Waals surface area contributed by atoms with Gasteiger partial charge in [-0.2, -0.15) is 0 Å². The van der Waals surface area contributed by atoms with Crippen molar-refractivity contribution in [2.24, 2.45) is 0 Å². The van der Waals surface area contributed by atoms with Crippen molar-refractivity contribution in [3.8, 4) is 0 Å². The van der Waals surface area contributed by atoms with Gasteiger partial charge >= 0.3 is 0 Å². The van der Waals surface area contributed by atoms with Gasteiger partial charge in [0.15, 0.2) is 0 Å². The molecule has 0 saturated carbocycles. The van der Waals surface area contributed by atoms with Gasteiger partial charge in [-0.05, 0) is 0 Å². The topological polar surface area (TPSA) is 104 Å². The first-order chi connectivity index (χ1) is 7.06. The number of carbonyl (C=O) groups is 3. The van der Waals surface area contributed by atoms with Crippen molar-refractivity contribution >= 4 is 24.0 Å². The molecule has 0 spiro atoms. The minimum absolute atomic E-state index is 0.178. The van der Waals surface area contributed by atoms with E-state index in [1.165, 1.54) is 13.2 Å². The zero-order valence-corrected chi connectivity index (χ0v) is 8.25. The van der Waals surface area contributed by atoms with Crippen LogP contribution in [0.1, 0.15) is 6.92 Å². The third-order valence-electron chi connectivity index (χ3n) is 1.30. The van der Waals surface area contributed by atoms with E-state index >= 15 is 0 Å². The predicted octanol–water partition coefficient (Wildman–Crippen LogP) is -2.54. The first-order valence-corrected chi connectivity index (χ1v) is 4.19. The van der Waals surface area contributed by atoms with E-state index in [2.05, 4.69) is 16.0 Å². The highest BCUT2D eigenvalue weighted by atomic mass is 16.2. The van der Waals surface area contributed by atoms with Gasteiger partial charge in [-0.1, -0.05) is 0 Å². The Balaban J connectivity index is 3.57. The molecule has 7 heteroatoms. The van der Waals surface area contributed by atoms with Gasteiger partial charge in [-0.3, -0.25) is 19.2 Å². The van der Waals surface area contributed by atoms with E-state index in [-0.39, 0.29) is 25.5 Å². The van der Waals surface area contributed by atoms with Gasteiger partial charge in [-0.25, -0.2) is 0 Å². The molecule has 0 aromatic heterocycles. The van der Waals surface area contributed by atoms with Crippen LogP contribution in [0.15, 0.2) is 0 Å². The van der Waals surface area contributed by atoms with Crippen LogP contribution in [-0.2, 0) is 19.2 Å². The Labute approximate surface area is 86.6 Å². The molecule has 3 N–H and O–H groups in total. The second-order valence-corrected chi connectivity index (χ2v) is 2.61. The predicted molar refractivity (Wildman–Crippen MR) is 50.4 cm³/mol. The lowest BCUT2D eigenvalue weighted by Crippen LogP contribution is -2.41. The van der Waals surface area contributed by atoms with Crippen LogP contribution in [0.4, 0.5) is 0 Å². The molecule has 0 rings (SSSR count). The Bertz CT molecular complexity index is 265. The summed E-state index contributed by atoms with van der Waals surface area (Å²) in [6.45, 7) is 0.656. The molecule has 3 amide bonds. The van der Waals surface area contributed by atoms with Crippen LogP contribution >= 0.6 is 0 Å². The molecule has 0 aromatic carbocycles. The van der Waals surface area contributed by atoms with Gasteiger partial charge in [0.2, 0.25) is 24.0 Å². The molecule has 15 heavy (non-hydrogen) atoms. The number of rotatable bonds is 6. The Morgan fingerprint density at radius 1 is 1.00 bits per heavy atom. The minimum Gasteiger partial charge on any atom is -0.347 e. The first-order valence-electron chi connectivity index (χ1n) is 4.19. The van der Waals surface area contributed by atoms with Crippen LogP contribution in [0.3, 0.4) is 0 Å². The van der Waals surface area contributed by atoms with E-state index < -0.39 is 11.8 Å². The van der Waals surface area contributed by atoms with Gasteiger partial charge < -0.3 is 16.0 Å². The Morgan fingerprint density at radius 2 is 1.53 bits per heavy atom. The molecular formula is C8H12N3O4. The van der Waals surface area contributed by atoms with E-state index in [4.69, 9.17) is 0 Å². The third kappa shape index (κ3) is 8.41. The molecule has 0 heterocycles. The molecule has 0 aromatic rings. The van der Waals surface area contributed by atoms with Crippen LogP contribution in [0.5, 0.6) is 0 Å². The van der Waals surface area contributed by atoms with Gasteiger partial charge in [0, 0.05) is 6.92 Å². The summed E-state index contributed by atoms with van der Waals surface area (Å²) in [6, 6.07) is 0. The SMILES string of the molecule is CC(=O)NCC(=O)NCC(=O)NC[C]=O. The summed E-state index contributed by atoms with van der Waals surface area (Å²) in [7, 11) is 0. The largest absolute Gasteiger partial charge is 0.347 e. The van der Waals surface area contributed by atoms with Crippen molar-refractivity contribution in [2.45, 2.75) is 6.92 Å². The summed E-state index contributed by atoms with van der Waals surface area (Å²) in [4.78, 5) is 42.0. The fourth-order valence-electron chi connectivity index (χ4n) is 0.643. The average molecular weight is 214 g/mol. The zero-order valence-electron chi connectivity index (χ0n) is 8.25. The second-order valence-electron chi connectivity index (χ2n) is 2.61. The van der Waals surface area contributed by atoms with Crippen molar-refractivity contribution in [3.05, 3.63) is 0 Å². The number of hydrogen-bond donors (Lipinski definition) is 3. The van der Waals surface area contributed by atoms with Crippen LogP contribution in [0, 0.1) is 0 Å². The maximum absolute atomic E-state index is 10.9. The van der Waals surface area contributed by atoms with Gasteiger partial charge in [0.25, 0.3) is 0 Å². The van der Waals surface area contributed by atoms with E-state index in [0.29, 0.717) is 0 Å². The van der Waals surface area contributed by atoms with Crippen LogP contribution < -0.4 is 16.0 Å². The van der Waals surface area contributed by atoms with E-state index in [0.717, 1.165) is 0 Å².